The van der Waals surface area contributed by atoms with Crippen molar-refractivity contribution in [2.75, 3.05) is 11.9 Å². The number of imide groups is 1. The van der Waals surface area contributed by atoms with E-state index < -0.39 is 36.5 Å². The summed E-state index contributed by atoms with van der Waals surface area (Å²) in [5.41, 5.74) is -0.622. The summed E-state index contributed by atoms with van der Waals surface area (Å²) in [4.78, 5) is 38.1. The number of hydrogen-bond donors (Lipinski definition) is 2. The van der Waals surface area contributed by atoms with Crippen LogP contribution < -0.4 is 15.4 Å². The van der Waals surface area contributed by atoms with Crippen LogP contribution in [0.2, 0.25) is 5.02 Å². The van der Waals surface area contributed by atoms with Gasteiger partial charge in [0.2, 0.25) is 5.91 Å². The summed E-state index contributed by atoms with van der Waals surface area (Å²) in [7, 11) is 0. The van der Waals surface area contributed by atoms with Gasteiger partial charge >= 0.3 is 12.6 Å². The van der Waals surface area contributed by atoms with Gasteiger partial charge in [0.1, 0.15) is 17.8 Å². The van der Waals surface area contributed by atoms with E-state index in [1.165, 1.54) is 31.2 Å². The first-order valence-corrected chi connectivity index (χ1v) is 8.82. The van der Waals surface area contributed by atoms with E-state index in [-0.39, 0.29) is 5.75 Å². The monoisotopic (exact) mass is 423 g/mol. The molecule has 0 aliphatic carbocycles. The first-order valence-electron chi connectivity index (χ1n) is 8.44. The number of nitrogens with one attached hydrogen (secondary N) is 2. The Morgan fingerprint density at radius 1 is 1.17 bits per heavy atom. The third-order valence-corrected chi connectivity index (χ3v) is 4.61. The molecule has 0 saturated carbocycles. The molecule has 1 fully saturated rings. The van der Waals surface area contributed by atoms with Crippen molar-refractivity contribution in [2.24, 2.45) is 0 Å². The van der Waals surface area contributed by atoms with E-state index in [0.29, 0.717) is 16.3 Å². The Bertz CT molecular complexity index is 937. The molecule has 152 valence electrons. The van der Waals surface area contributed by atoms with E-state index in [2.05, 4.69) is 15.4 Å². The Morgan fingerprint density at radius 2 is 1.79 bits per heavy atom. The molecule has 0 aromatic heterocycles. The molecule has 0 spiro atoms. The van der Waals surface area contributed by atoms with Crippen molar-refractivity contribution < 1.29 is 27.9 Å². The number of urea groups is 1. The molecule has 0 radical (unpaired) electrons. The smallest absolute Gasteiger partial charge is 0.387 e. The average molecular weight is 424 g/mol. The second kappa shape index (κ2) is 8.04. The van der Waals surface area contributed by atoms with Gasteiger partial charge in [0.25, 0.3) is 5.91 Å². The zero-order valence-electron chi connectivity index (χ0n) is 15.1. The van der Waals surface area contributed by atoms with Gasteiger partial charge in [-0.15, -0.1) is 0 Å². The third-order valence-electron chi connectivity index (χ3n) is 4.36. The molecular formula is C19H16ClF2N3O4. The number of nitrogens with zero attached hydrogens (tertiary/aromatic N) is 1. The molecule has 29 heavy (non-hydrogen) atoms. The van der Waals surface area contributed by atoms with Crippen molar-refractivity contribution >= 4 is 35.1 Å². The van der Waals surface area contributed by atoms with Gasteiger partial charge in [-0.05, 0) is 48.9 Å². The van der Waals surface area contributed by atoms with Crippen molar-refractivity contribution in [2.45, 2.75) is 19.1 Å². The lowest BCUT2D eigenvalue weighted by atomic mass is 9.92. The lowest BCUT2D eigenvalue weighted by Crippen LogP contribution is -2.42. The van der Waals surface area contributed by atoms with Crippen molar-refractivity contribution in [1.29, 1.82) is 0 Å². The molecule has 0 bridgehead atoms. The molecule has 1 aliphatic rings. The molecule has 4 amide bonds. The van der Waals surface area contributed by atoms with Gasteiger partial charge in [0.15, 0.2) is 0 Å². The Hall–Kier alpha value is -3.20. The molecular weight excluding hydrogens is 408 g/mol. The summed E-state index contributed by atoms with van der Waals surface area (Å²) < 4.78 is 28.8. The van der Waals surface area contributed by atoms with Gasteiger partial charge in [0, 0.05) is 10.7 Å². The van der Waals surface area contributed by atoms with Crippen LogP contribution in [0, 0.1) is 0 Å². The quantitative estimate of drug-likeness (QED) is 0.697. The summed E-state index contributed by atoms with van der Waals surface area (Å²) in [5, 5.41) is 5.60. The summed E-state index contributed by atoms with van der Waals surface area (Å²) in [6.45, 7) is -2.00. The summed E-state index contributed by atoms with van der Waals surface area (Å²) in [6, 6.07) is 10.9. The van der Waals surface area contributed by atoms with Crippen LogP contribution in [0.1, 0.15) is 12.5 Å². The average Bonchev–Trinajstić information content (AvgIpc) is 2.88. The van der Waals surface area contributed by atoms with E-state index in [4.69, 9.17) is 11.6 Å². The topological polar surface area (TPSA) is 87.7 Å². The van der Waals surface area contributed by atoms with Crippen LogP contribution in [0.25, 0.3) is 0 Å². The van der Waals surface area contributed by atoms with Gasteiger partial charge in [-0.2, -0.15) is 8.78 Å². The van der Waals surface area contributed by atoms with E-state index in [1.807, 2.05) is 0 Å². The fourth-order valence-corrected chi connectivity index (χ4v) is 3.01. The van der Waals surface area contributed by atoms with Crippen LogP contribution in [-0.4, -0.2) is 35.9 Å². The van der Waals surface area contributed by atoms with E-state index in [1.54, 1.807) is 24.3 Å². The molecule has 1 aliphatic heterocycles. The SMILES string of the molecule is CC1(c2ccc(OC(F)F)cc2)NC(=O)N(CC(=O)Nc2ccc(Cl)cc2)C1=O. The minimum absolute atomic E-state index is 0.0803. The van der Waals surface area contributed by atoms with Crippen molar-refractivity contribution in [3.8, 4) is 5.75 Å². The van der Waals surface area contributed by atoms with Crippen LogP contribution >= 0.6 is 11.6 Å². The first-order chi connectivity index (χ1) is 13.7. The summed E-state index contributed by atoms with van der Waals surface area (Å²) in [6.07, 6.45) is 0. The maximum Gasteiger partial charge on any atom is 0.387 e. The number of halogens is 3. The number of benzene rings is 2. The number of amides is 4. The lowest BCUT2D eigenvalue weighted by Gasteiger charge is -2.22. The zero-order valence-corrected chi connectivity index (χ0v) is 15.9. The Kier molecular flexibility index (Phi) is 5.69. The number of hydrogen-bond acceptors (Lipinski definition) is 4. The summed E-state index contributed by atoms with van der Waals surface area (Å²) >= 11 is 5.78. The number of alkyl halides is 2. The number of rotatable bonds is 6. The number of carbonyl (C=O) groups excluding carboxylic acids is 3. The minimum atomic E-state index is -2.97. The first kappa shape index (κ1) is 20.5. The fraction of sp³-hybridized carbons (Fsp3) is 0.211. The molecule has 2 aromatic rings. The number of ether oxygens (including phenoxy) is 1. The van der Waals surface area contributed by atoms with E-state index >= 15 is 0 Å². The molecule has 1 atom stereocenters. The number of anilines is 1. The molecule has 7 nitrogen and oxygen atoms in total. The van der Waals surface area contributed by atoms with Gasteiger partial charge in [-0.1, -0.05) is 23.7 Å². The molecule has 1 unspecified atom stereocenters. The molecule has 10 heteroatoms. The van der Waals surface area contributed by atoms with Crippen LogP contribution in [0.5, 0.6) is 5.75 Å². The van der Waals surface area contributed by atoms with Crippen molar-refractivity contribution in [3.63, 3.8) is 0 Å². The number of carbonyl (C=O) groups is 3. The standard InChI is InChI=1S/C19H16ClF2N3O4/c1-19(11-2-8-14(9-3-11)29-17(21)22)16(27)25(18(28)24-19)10-15(26)23-13-6-4-12(20)5-7-13/h2-9,17H,10H2,1H3,(H,23,26)(H,24,28). The van der Waals surface area contributed by atoms with Crippen molar-refractivity contribution in [3.05, 3.63) is 59.1 Å². The molecule has 2 N–H and O–H groups in total. The van der Waals surface area contributed by atoms with Crippen molar-refractivity contribution in [1.82, 2.24) is 10.2 Å². The lowest BCUT2D eigenvalue weighted by molar-refractivity contribution is -0.133. The second-order valence-electron chi connectivity index (χ2n) is 6.40. The highest BCUT2D eigenvalue weighted by Gasteiger charge is 2.49. The van der Waals surface area contributed by atoms with E-state index in [9.17, 15) is 23.2 Å². The Morgan fingerprint density at radius 3 is 2.38 bits per heavy atom. The predicted octanol–water partition coefficient (Wildman–Crippen LogP) is 3.35. The highest BCUT2D eigenvalue weighted by atomic mass is 35.5. The maximum absolute atomic E-state index is 12.8. The van der Waals surface area contributed by atoms with Gasteiger partial charge < -0.3 is 15.4 Å². The van der Waals surface area contributed by atoms with Crippen LogP contribution in [0.15, 0.2) is 48.5 Å². The van der Waals surface area contributed by atoms with Gasteiger partial charge in [-0.3, -0.25) is 14.5 Å². The Balaban J connectivity index is 1.71. The highest BCUT2D eigenvalue weighted by Crippen LogP contribution is 2.30. The second-order valence-corrected chi connectivity index (χ2v) is 6.84. The van der Waals surface area contributed by atoms with Crippen LogP contribution in [0.3, 0.4) is 0 Å². The molecule has 3 rings (SSSR count). The summed E-state index contributed by atoms with van der Waals surface area (Å²) in [5.74, 6) is -1.29. The fourth-order valence-electron chi connectivity index (χ4n) is 2.88. The molecule has 1 saturated heterocycles. The zero-order chi connectivity index (χ0) is 21.2. The predicted molar refractivity (Wildman–Crippen MR) is 101 cm³/mol. The Labute approximate surface area is 169 Å². The van der Waals surface area contributed by atoms with E-state index in [0.717, 1.165) is 4.90 Å². The minimum Gasteiger partial charge on any atom is -0.435 e. The highest BCUT2D eigenvalue weighted by molar-refractivity contribution is 6.30. The normalized spacial score (nSPS) is 18.7. The molecule has 1 heterocycles. The van der Waals surface area contributed by atoms with Crippen LogP contribution in [-0.2, 0) is 15.1 Å². The van der Waals surface area contributed by atoms with Crippen LogP contribution in [0.4, 0.5) is 19.3 Å². The van der Waals surface area contributed by atoms with Gasteiger partial charge in [-0.25, -0.2) is 4.79 Å². The maximum atomic E-state index is 12.8. The molecule has 2 aromatic carbocycles. The largest absolute Gasteiger partial charge is 0.435 e. The van der Waals surface area contributed by atoms with Gasteiger partial charge in [0.05, 0.1) is 0 Å². The third kappa shape index (κ3) is 4.45.